The van der Waals surface area contributed by atoms with Crippen molar-refractivity contribution in [2.45, 2.75) is 28.7 Å². The van der Waals surface area contributed by atoms with Crippen LogP contribution in [0, 0.1) is 0 Å². The van der Waals surface area contributed by atoms with E-state index in [-0.39, 0.29) is 28.9 Å². The smallest absolute Gasteiger partial charge is 0.243 e. The van der Waals surface area contributed by atoms with Gasteiger partial charge in [0.25, 0.3) is 0 Å². The van der Waals surface area contributed by atoms with E-state index >= 15 is 0 Å². The van der Waals surface area contributed by atoms with Crippen LogP contribution in [-0.4, -0.2) is 47.4 Å². The minimum Gasteiger partial charge on any atom is -0.497 e. The number of rotatable bonds is 6. The summed E-state index contributed by atoms with van der Waals surface area (Å²) in [5.74, 6) is 0.583. The van der Waals surface area contributed by atoms with Crippen LogP contribution in [-0.2, 0) is 20.0 Å². The van der Waals surface area contributed by atoms with Crippen molar-refractivity contribution in [1.82, 2.24) is 9.03 Å². The van der Waals surface area contributed by atoms with Crippen LogP contribution in [0.3, 0.4) is 0 Å². The Morgan fingerprint density at radius 2 is 1.64 bits per heavy atom. The highest BCUT2D eigenvalue weighted by atomic mass is 79.9. The lowest BCUT2D eigenvalue weighted by Gasteiger charge is -2.31. The normalized spacial score (nSPS) is 16.8. The van der Waals surface area contributed by atoms with Gasteiger partial charge in [-0.15, -0.1) is 0 Å². The van der Waals surface area contributed by atoms with Gasteiger partial charge in [0, 0.05) is 23.6 Å². The van der Waals surface area contributed by atoms with E-state index in [9.17, 15) is 16.8 Å². The average Bonchev–Trinajstić information content (AvgIpc) is 2.68. The molecule has 1 aliphatic rings. The van der Waals surface area contributed by atoms with Crippen molar-refractivity contribution in [3.63, 3.8) is 0 Å². The standard InChI is InChI=1S/C18H21BrN2O5S2/c1-26-16-5-7-17(8-6-16)28(24,25)21-11-9-15(10-12-21)20-27(22,23)18-4-2-3-14(19)13-18/h2-8,13,15,20H,9-12H2,1H3. The van der Waals surface area contributed by atoms with E-state index in [1.165, 1.54) is 35.7 Å². The third kappa shape index (κ3) is 4.74. The maximum absolute atomic E-state index is 12.8. The summed E-state index contributed by atoms with van der Waals surface area (Å²) in [5.41, 5.74) is 0. The van der Waals surface area contributed by atoms with Crippen molar-refractivity contribution < 1.29 is 21.6 Å². The predicted octanol–water partition coefficient (Wildman–Crippen LogP) is 2.59. The molecule has 0 bridgehead atoms. The highest BCUT2D eigenvalue weighted by molar-refractivity contribution is 9.10. The molecule has 2 aromatic carbocycles. The van der Waals surface area contributed by atoms with Gasteiger partial charge in [0.2, 0.25) is 20.0 Å². The number of hydrogen-bond acceptors (Lipinski definition) is 5. The van der Waals surface area contributed by atoms with Crippen LogP contribution in [0.25, 0.3) is 0 Å². The second-order valence-corrected chi connectivity index (χ2v) is 11.0. The first kappa shape index (κ1) is 21.3. The fourth-order valence-electron chi connectivity index (χ4n) is 3.03. The lowest BCUT2D eigenvalue weighted by Crippen LogP contribution is -2.46. The van der Waals surface area contributed by atoms with E-state index in [0.717, 1.165) is 0 Å². The van der Waals surface area contributed by atoms with Crippen LogP contribution in [0.5, 0.6) is 5.75 Å². The molecule has 0 saturated carbocycles. The van der Waals surface area contributed by atoms with Crippen molar-refractivity contribution >= 4 is 36.0 Å². The molecule has 0 aliphatic carbocycles. The summed E-state index contributed by atoms with van der Waals surface area (Å²) in [6.45, 7) is 0.500. The zero-order valence-electron chi connectivity index (χ0n) is 15.2. The number of ether oxygens (including phenoxy) is 1. The fourth-order valence-corrected chi connectivity index (χ4v) is 6.40. The molecule has 152 valence electrons. The summed E-state index contributed by atoms with van der Waals surface area (Å²) in [4.78, 5) is 0.372. The van der Waals surface area contributed by atoms with E-state index < -0.39 is 20.0 Å². The number of nitrogens with one attached hydrogen (secondary N) is 1. The molecule has 1 N–H and O–H groups in total. The first-order chi connectivity index (χ1) is 13.2. The van der Waals surface area contributed by atoms with Gasteiger partial charge < -0.3 is 4.74 Å². The van der Waals surface area contributed by atoms with Crippen LogP contribution in [0.1, 0.15) is 12.8 Å². The lowest BCUT2D eigenvalue weighted by molar-refractivity contribution is 0.308. The molecule has 2 aromatic rings. The molecule has 7 nitrogen and oxygen atoms in total. The van der Waals surface area contributed by atoms with Gasteiger partial charge in [-0.25, -0.2) is 21.6 Å². The number of benzene rings is 2. The molecule has 0 spiro atoms. The molecule has 3 rings (SSSR count). The van der Waals surface area contributed by atoms with Crippen molar-refractivity contribution in [1.29, 1.82) is 0 Å². The van der Waals surface area contributed by atoms with Gasteiger partial charge >= 0.3 is 0 Å². The maximum atomic E-state index is 12.8. The monoisotopic (exact) mass is 488 g/mol. The number of hydrogen-bond donors (Lipinski definition) is 1. The van der Waals surface area contributed by atoms with Gasteiger partial charge in [0.15, 0.2) is 0 Å². The van der Waals surface area contributed by atoms with Crippen LogP contribution < -0.4 is 9.46 Å². The molecule has 10 heteroatoms. The first-order valence-electron chi connectivity index (χ1n) is 8.64. The molecule has 0 aromatic heterocycles. The molecule has 0 radical (unpaired) electrons. The Morgan fingerprint density at radius 3 is 2.21 bits per heavy atom. The van der Waals surface area contributed by atoms with Crippen LogP contribution in [0.15, 0.2) is 62.8 Å². The second-order valence-electron chi connectivity index (χ2n) is 6.43. The number of piperidine rings is 1. The summed E-state index contributed by atoms with van der Waals surface area (Å²) >= 11 is 3.27. The Kier molecular flexibility index (Phi) is 6.45. The van der Waals surface area contributed by atoms with E-state index in [1.54, 1.807) is 24.3 Å². The molecule has 0 atom stereocenters. The van der Waals surface area contributed by atoms with E-state index in [4.69, 9.17) is 4.74 Å². The highest BCUT2D eigenvalue weighted by Gasteiger charge is 2.31. The largest absolute Gasteiger partial charge is 0.497 e. The quantitative estimate of drug-likeness (QED) is 0.674. The number of methoxy groups -OCH3 is 1. The third-order valence-corrected chi connectivity index (χ3v) is 8.50. The summed E-state index contributed by atoms with van der Waals surface area (Å²) < 4.78 is 60.4. The Bertz CT molecular complexity index is 1030. The molecule has 0 unspecified atom stereocenters. The SMILES string of the molecule is COc1ccc(S(=O)(=O)N2CCC(NS(=O)(=O)c3cccc(Br)c3)CC2)cc1. The summed E-state index contributed by atoms with van der Waals surface area (Å²) in [6.07, 6.45) is 0.811. The van der Waals surface area contributed by atoms with E-state index in [1.807, 2.05) is 0 Å². The van der Waals surface area contributed by atoms with Crippen molar-refractivity contribution in [3.05, 3.63) is 53.0 Å². The van der Waals surface area contributed by atoms with E-state index in [2.05, 4.69) is 20.7 Å². The molecule has 0 amide bonds. The van der Waals surface area contributed by atoms with Crippen LogP contribution in [0.2, 0.25) is 0 Å². The third-order valence-electron chi connectivity index (χ3n) is 4.58. The van der Waals surface area contributed by atoms with Gasteiger partial charge in [-0.05, 0) is 55.3 Å². The van der Waals surface area contributed by atoms with Crippen molar-refractivity contribution in [2.24, 2.45) is 0 Å². The Balaban J connectivity index is 1.65. The van der Waals surface area contributed by atoms with Crippen molar-refractivity contribution in [3.8, 4) is 5.75 Å². The fraction of sp³-hybridized carbons (Fsp3) is 0.333. The Labute approximate surface area is 173 Å². The number of halogens is 1. The minimum absolute atomic E-state index is 0.176. The number of nitrogens with zero attached hydrogens (tertiary/aromatic N) is 1. The average molecular weight is 489 g/mol. The zero-order valence-corrected chi connectivity index (χ0v) is 18.4. The van der Waals surface area contributed by atoms with Crippen LogP contribution in [0.4, 0.5) is 0 Å². The highest BCUT2D eigenvalue weighted by Crippen LogP contribution is 2.24. The number of sulfonamides is 2. The first-order valence-corrected chi connectivity index (χ1v) is 12.4. The predicted molar refractivity (Wildman–Crippen MR) is 109 cm³/mol. The zero-order chi connectivity index (χ0) is 20.4. The van der Waals surface area contributed by atoms with Gasteiger partial charge in [-0.3, -0.25) is 0 Å². The molecule has 1 fully saturated rings. The topological polar surface area (TPSA) is 92.8 Å². The van der Waals surface area contributed by atoms with Gasteiger partial charge in [0.1, 0.15) is 5.75 Å². The Morgan fingerprint density at radius 1 is 1.00 bits per heavy atom. The summed E-state index contributed by atoms with van der Waals surface area (Å²) in [5, 5.41) is 0. The van der Waals surface area contributed by atoms with Gasteiger partial charge in [0.05, 0.1) is 16.9 Å². The molecule has 28 heavy (non-hydrogen) atoms. The van der Waals surface area contributed by atoms with Crippen molar-refractivity contribution in [2.75, 3.05) is 20.2 Å². The maximum Gasteiger partial charge on any atom is 0.243 e. The van der Waals surface area contributed by atoms with Gasteiger partial charge in [-0.1, -0.05) is 22.0 Å². The molecule has 1 aliphatic heterocycles. The Hall–Kier alpha value is -1.46. The molecule has 1 saturated heterocycles. The van der Waals surface area contributed by atoms with E-state index in [0.29, 0.717) is 23.1 Å². The van der Waals surface area contributed by atoms with Gasteiger partial charge in [-0.2, -0.15) is 4.31 Å². The minimum atomic E-state index is -3.66. The van der Waals surface area contributed by atoms with Crippen LogP contribution >= 0.6 is 15.9 Å². The molecule has 1 heterocycles. The molecular weight excluding hydrogens is 468 g/mol. The summed E-state index contributed by atoms with van der Waals surface area (Å²) in [6, 6.07) is 12.4. The lowest BCUT2D eigenvalue weighted by atomic mass is 10.1. The molecular formula is C18H21BrN2O5S2. The summed E-state index contributed by atoms with van der Waals surface area (Å²) in [7, 11) is -5.76. The second kappa shape index (κ2) is 8.50.